The minimum Gasteiger partial charge on any atom is -0.493 e. The summed E-state index contributed by atoms with van der Waals surface area (Å²) < 4.78 is 25.4. The van der Waals surface area contributed by atoms with Crippen LogP contribution >= 0.6 is 0 Å². The van der Waals surface area contributed by atoms with Gasteiger partial charge in [-0.2, -0.15) is 5.90 Å². The highest BCUT2D eigenvalue weighted by molar-refractivity contribution is 5.87. The van der Waals surface area contributed by atoms with Gasteiger partial charge in [-0.1, -0.05) is 12.1 Å². The number of hydrogen-bond acceptors (Lipinski definition) is 6. The van der Waals surface area contributed by atoms with E-state index in [0.29, 0.717) is 12.4 Å². The van der Waals surface area contributed by atoms with Crippen LogP contribution in [0.5, 0.6) is 11.5 Å². The monoisotopic (exact) mass is 411 g/mol. The Morgan fingerprint density at radius 1 is 1.13 bits per heavy atom. The lowest BCUT2D eigenvalue weighted by atomic mass is 9.90. The van der Waals surface area contributed by atoms with Crippen molar-refractivity contribution in [2.45, 2.75) is 19.3 Å². The van der Waals surface area contributed by atoms with Crippen LogP contribution in [0.3, 0.4) is 0 Å². The van der Waals surface area contributed by atoms with Crippen molar-refractivity contribution in [2.75, 3.05) is 32.8 Å². The van der Waals surface area contributed by atoms with E-state index in [9.17, 15) is 4.39 Å². The summed E-state index contributed by atoms with van der Waals surface area (Å²) in [5.74, 6) is 6.15. The largest absolute Gasteiger partial charge is 0.493 e. The molecule has 0 amide bonds. The fraction of sp³-hybridized carbons (Fsp3) is 0.348. The predicted molar refractivity (Wildman–Crippen MR) is 113 cm³/mol. The Morgan fingerprint density at radius 2 is 1.90 bits per heavy atom. The molecule has 0 radical (unpaired) electrons. The van der Waals surface area contributed by atoms with Gasteiger partial charge in [0.15, 0.2) is 0 Å². The third kappa shape index (κ3) is 4.63. The molecule has 0 saturated carbocycles. The molecule has 1 saturated heterocycles. The quantitative estimate of drug-likeness (QED) is 0.412. The van der Waals surface area contributed by atoms with Crippen molar-refractivity contribution in [2.24, 2.45) is 5.90 Å². The summed E-state index contributed by atoms with van der Waals surface area (Å²) in [6, 6.07) is 12.3. The van der Waals surface area contributed by atoms with Gasteiger partial charge in [0.1, 0.15) is 23.9 Å². The number of hydrogen-bond donors (Lipinski definition) is 2. The van der Waals surface area contributed by atoms with Gasteiger partial charge in [0.05, 0.1) is 13.0 Å². The lowest BCUT2D eigenvalue weighted by molar-refractivity contribution is 0.277. The molecule has 2 aromatic carbocycles. The number of halogens is 1. The van der Waals surface area contributed by atoms with Crippen molar-refractivity contribution in [1.82, 2.24) is 4.90 Å². The summed E-state index contributed by atoms with van der Waals surface area (Å²) in [7, 11) is 0. The first kappa shape index (κ1) is 20.4. The highest BCUT2D eigenvalue weighted by Gasteiger charge is 2.25. The van der Waals surface area contributed by atoms with Gasteiger partial charge in [-0.25, -0.2) is 4.39 Å². The van der Waals surface area contributed by atoms with E-state index in [-0.39, 0.29) is 24.7 Å². The van der Waals surface area contributed by atoms with E-state index in [1.54, 1.807) is 0 Å². The molecule has 2 aliphatic rings. The molecule has 0 bridgehead atoms. The van der Waals surface area contributed by atoms with Gasteiger partial charge in [0.25, 0.3) is 0 Å². The van der Waals surface area contributed by atoms with Crippen LogP contribution in [0.15, 0.2) is 48.0 Å². The Kier molecular flexibility index (Phi) is 6.30. The molecule has 6 nitrogen and oxygen atoms in total. The van der Waals surface area contributed by atoms with Crippen LogP contribution in [0.25, 0.3) is 5.57 Å². The Balaban J connectivity index is 1.67. The second-order valence-corrected chi connectivity index (χ2v) is 7.55. The van der Waals surface area contributed by atoms with E-state index >= 15 is 0 Å². The summed E-state index contributed by atoms with van der Waals surface area (Å²) in [4.78, 5) is 6.82. The van der Waals surface area contributed by atoms with Crippen molar-refractivity contribution >= 4 is 11.5 Å². The summed E-state index contributed by atoms with van der Waals surface area (Å²) in [5, 5.41) is 7.46. The van der Waals surface area contributed by atoms with Crippen LogP contribution in [-0.4, -0.2) is 43.6 Å². The lowest BCUT2D eigenvalue weighted by Crippen LogP contribution is -2.26. The third-order valence-electron chi connectivity index (χ3n) is 5.46. The van der Waals surface area contributed by atoms with Crippen molar-refractivity contribution < 1.29 is 18.7 Å². The molecule has 0 spiro atoms. The Bertz CT molecular complexity index is 937. The van der Waals surface area contributed by atoms with Gasteiger partial charge in [0, 0.05) is 12.1 Å². The van der Waals surface area contributed by atoms with E-state index in [1.165, 1.54) is 30.5 Å². The molecule has 1 fully saturated rings. The number of nitrogens with zero attached hydrogens (tertiary/aromatic N) is 1. The van der Waals surface area contributed by atoms with Gasteiger partial charge in [-0.3, -0.25) is 10.3 Å². The maximum atomic E-state index is 13.6. The van der Waals surface area contributed by atoms with Crippen LogP contribution in [0.4, 0.5) is 4.39 Å². The van der Waals surface area contributed by atoms with E-state index in [0.717, 1.165) is 42.1 Å². The highest BCUT2D eigenvalue weighted by atomic mass is 19.1. The Labute approximate surface area is 175 Å². The number of ether oxygens (including phenoxy) is 2. The standard InChI is InChI=1S/C23H26FN3O3/c24-18-5-3-16(4-6-18)23-17(14-27-10-1-2-11-27)15-29-21-8-7-19(13-20(21)23)28-12-9-22(25)30-26/h3-8,13,25H,1-2,9-12,14-15,26H2. The van der Waals surface area contributed by atoms with Crippen LogP contribution in [0.2, 0.25) is 0 Å². The molecule has 7 heteroatoms. The minimum absolute atomic E-state index is 0.0314. The first-order valence-electron chi connectivity index (χ1n) is 10.2. The van der Waals surface area contributed by atoms with E-state index < -0.39 is 0 Å². The number of benzene rings is 2. The molecular formula is C23H26FN3O3. The molecule has 2 aromatic rings. The highest BCUT2D eigenvalue weighted by Crippen LogP contribution is 2.40. The molecule has 0 atom stereocenters. The SMILES string of the molecule is N=C(CCOc1ccc2c(c1)C(c1ccc(F)cc1)=C(CN1CCCC1)CO2)ON. The van der Waals surface area contributed by atoms with E-state index in [4.69, 9.17) is 20.8 Å². The number of nitrogens with one attached hydrogen (secondary N) is 1. The number of nitrogens with two attached hydrogens (primary N) is 1. The zero-order valence-electron chi connectivity index (χ0n) is 16.8. The van der Waals surface area contributed by atoms with E-state index in [2.05, 4.69) is 9.74 Å². The fourth-order valence-corrected chi connectivity index (χ4v) is 3.98. The molecular weight excluding hydrogens is 385 g/mol. The van der Waals surface area contributed by atoms with Crippen LogP contribution in [-0.2, 0) is 4.84 Å². The second kappa shape index (κ2) is 9.28. The topological polar surface area (TPSA) is 80.8 Å². The summed E-state index contributed by atoms with van der Waals surface area (Å²) in [6.45, 7) is 3.81. The Morgan fingerprint density at radius 3 is 2.63 bits per heavy atom. The average molecular weight is 411 g/mol. The van der Waals surface area contributed by atoms with Crippen LogP contribution in [0, 0.1) is 11.2 Å². The second-order valence-electron chi connectivity index (χ2n) is 7.55. The minimum atomic E-state index is -0.255. The molecule has 3 N–H and O–H groups in total. The van der Waals surface area contributed by atoms with Gasteiger partial charge in [-0.15, -0.1) is 0 Å². The molecule has 2 aliphatic heterocycles. The van der Waals surface area contributed by atoms with Crippen molar-refractivity contribution in [3.8, 4) is 11.5 Å². The van der Waals surface area contributed by atoms with Crippen LogP contribution < -0.4 is 15.4 Å². The summed E-state index contributed by atoms with van der Waals surface area (Å²) in [6.07, 6.45) is 2.72. The molecule has 0 aromatic heterocycles. The molecule has 4 rings (SSSR count). The average Bonchev–Trinajstić information content (AvgIpc) is 3.27. The van der Waals surface area contributed by atoms with Crippen molar-refractivity contribution in [1.29, 1.82) is 5.41 Å². The molecule has 158 valence electrons. The number of likely N-dealkylation sites (tertiary alicyclic amines) is 1. The lowest BCUT2D eigenvalue weighted by Gasteiger charge is -2.28. The molecule has 2 heterocycles. The molecule has 0 aliphatic carbocycles. The molecule has 30 heavy (non-hydrogen) atoms. The first-order chi connectivity index (χ1) is 14.6. The maximum absolute atomic E-state index is 13.6. The van der Waals surface area contributed by atoms with Crippen molar-refractivity contribution in [3.63, 3.8) is 0 Å². The van der Waals surface area contributed by atoms with Crippen molar-refractivity contribution in [3.05, 3.63) is 65.0 Å². The van der Waals surface area contributed by atoms with Gasteiger partial charge in [0.2, 0.25) is 5.90 Å². The van der Waals surface area contributed by atoms with Gasteiger partial charge >= 0.3 is 0 Å². The van der Waals surface area contributed by atoms with Crippen LogP contribution in [0.1, 0.15) is 30.4 Å². The summed E-state index contributed by atoms with van der Waals surface area (Å²) >= 11 is 0. The fourth-order valence-electron chi connectivity index (χ4n) is 3.98. The third-order valence-corrected chi connectivity index (χ3v) is 5.46. The maximum Gasteiger partial charge on any atom is 0.209 e. The zero-order valence-corrected chi connectivity index (χ0v) is 16.8. The van der Waals surface area contributed by atoms with Gasteiger partial charge < -0.3 is 14.3 Å². The smallest absolute Gasteiger partial charge is 0.209 e. The number of rotatable bonds is 7. The zero-order chi connectivity index (χ0) is 20.9. The van der Waals surface area contributed by atoms with Gasteiger partial charge in [-0.05, 0) is 73.0 Å². The summed E-state index contributed by atoms with van der Waals surface area (Å²) in [5.41, 5.74) is 4.16. The van der Waals surface area contributed by atoms with E-state index in [1.807, 2.05) is 30.3 Å². The first-order valence-corrected chi connectivity index (χ1v) is 10.2. The molecule has 0 unspecified atom stereocenters. The number of fused-ring (bicyclic) bond motifs is 1. The predicted octanol–water partition coefficient (Wildman–Crippen LogP) is 3.75. The normalized spacial score (nSPS) is 16.2. The Hall–Kier alpha value is -2.90.